The van der Waals surface area contributed by atoms with E-state index in [1.54, 1.807) is 43.0 Å². The maximum absolute atomic E-state index is 14.3. The van der Waals surface area contributed by atoms with Crippen molar-refractivity contribution in [3.8, 4) is 0 Å². The fraction of sp³-hybridized carbons (Fsp3) is 0.635. The first-order valence-electron chi connectivity index (χ1n) is 25.0. The normalized spacial score (nSPS) is 17.0. The monoisotopic (exact) mass is 993 g/mol. The molecule has 8 N–H and O–H groups in total. The van der Waals surface area contributed by atoms with E-state index >= 15 is 0 Å². The van der Waals surface area contributed by atoms with E-state index in [0.717, 1.165) is 11.1 Å². The fourth-order valence-corrected chi connectivity index (χ4v) is 9.57. The van der Waals surface area contributed by atoms with Gasteiger partial charge in [0.1, 0.15) is 6.04 Å². The van der Waals surface area contributed by atoms with Gasteiger partial charge in [-0.1, -0.05) is 83.5 Å². The Hall–Kier alpha value is -5.63. The van der Waals surface area contributed by atoms with E-state index in [1.807, 2.05) is 89.2 Å². The number of rotatable bonds is 30. The van der Waals surface area contributed by atoms with Crippen LogP contribution in [0.3, 0.4) is 0 Å². The summed E-state index contributed by atoms with van der Waals surface area (Å²) in [6, 6.07) is 13.5. The second-order valence-corrected chi connectivity index (χ2v) is 19.3. The van der Waals surface area contributed by atoms with Crippen LogP contribution < -0.4 is 37.6 Å². The number of amides is 8. The van der Waals surface area contributed by atoms with Gasteiger partial charge in [-0.25, -0.2) is 4.79 Å². The second-order valence-electron chi connectivity index (χ2n) is 19.3. The molecular formula is C52H84N10O9. The lowest BCUT2D eigenvalue weighted by atomic mass is 9.90. The predicted molar refractivity (Wildman–Crippen MR) is 275 cm³/mol. The third-order valence-corrected chi connectivity index (χ3v) is 13.7. The van der Waals surface area contributed by atoms with Gasteiger partial charge >= 0.3 is 6.03 Å². The molecule has 9 unspecified atom stereocenters. The summed E-state index contributed by atoms with van der Waals surface area (Å²) in [5, 5.41) is 17.2. The fourth-order valence-electron chi connectivity index (χ4n) is 9.57. The second kappa shape index (κ2) is 30.3. The van der Waals surface area contributed by atoms with E-state index < -0.39 is 60.3 Å². The highest BCUT2D eigenvalue weighted by molar-refractivity contribution is 5.95. The summed E-state index contributed by atoms with van der Waals surface area (Å²) < 4.78 is 12.0. The standard InChI is InChI=1S/C52H84N10O9/c1-12-34(4)46(61(9)44(64)32-57-51(68)45(33(2)3)60(7)8)42(70-10)31-43(63)62-29-17-21-41(62)47(71-11)35(5)48(65)59-40(30-37-18-14-13-15-19-37)49(66)55-28-26-36-22-24-38(25-23-36)58-50(67)39(54-6)20-16-27-56-52(53)69/h13-15,18-19,22-25,33-35,39-42,45-47,54H,12,16-17,20-21,26-32H2,1-11H3,(H,55,66)(H,57,68)(H,58,67)(H,59,65)(H3,53,56,69). The first kappa shape index (κ1) is 59.7. The van der Waals surface area contributed by atoms with E-state index in [2.05, 4.69) is 31.9 Å². The van der Waals surface area contributed by atoms with Crippen molar-refractivity contribution in [1.82, 2.24) is 41.3 Å². The maximum atomic E-state index is 14.3. The van der Waals surface area contributed by atoms with Crippen LogP contribution in [0.5, 0.6) is 0 Å². The molecule has 1 aliphatic heterocycles. The van der Waals surface area contributed by atoms with Crippen molar-refractivity contribution >= 4 is 47.2 Å². The van der Waals surface area contributed by atoms with Gasteiger partial charge in [0, 0.05) is 53.0 Å². The van der Waals surface area contributed by atoms with E-state index in [4.69, 9.17) is 15.2 Å². The van der Waals surface area contributed by atoms with Gasteiger partial charge in [0.15, 0.2) is 0 Å². The highest BCUT2D eigenvalue weighted by Gasteiger charge is 2.42. The van der Waals surface area contributed by atoms with Crippen molar-refractivity contribution in [3.05, 3.63) is 65.7 Å². The molecule has 0 spiro atoms. The zero-order chi connectivity index (χ0) is 52.8. The number of primary amides is 1. The average molecular weight is 993 g/mol. The first-order chi connectivity index (χ1) is 33.8. The molecule has 1 aliphatic rings. The SMILES string of the molecule is CCC(C)C(C(CC(=O)N1CCCC1C(OC)C(C)C(=O)NC(Cc1ccccc1)C(=O)NCCc1ccc(NC(=O)C(CCCNC(N)=O)NC)cc1)OC)N(C)C(=O)CNC(=O)C(C(C)C)N(C)C. The number of nitrogens with two attached hydrogens (primary N) is 1. The van der Waals surface area contributed by atoms with Crippen molar-refractivity contribution in [1.29, 1.82) is 0 Å². The largest absolute Gasteiger partial charge is 0.379 e. The molecule has 0 bridgehead atoms. The number of methoxy groups -OCH3 is 2. The lowest BCUT2D eigenvalue weighted by Crippen LogP contribution is -2.55. The number of likely N-dealkylation sites (N-methyl/N-ethyl adjacent to an activating group) is 3. The number of carbonyl (C=O) groups excluding carboxylic acids is 7. The van der Waals surface area contributed by atoms with Gasteiger partial charge < -0.3 is 56.9 Å². The van der Waals surface area contributed by atoms with Gasteiger partial charge in [0.25, 0.3) is 0 Å². The molecule has 71 heavy (non-hydrogen) atoms. The van der Waals surface area contributed by atoms with Crippen LogP contribution in [0.15, 0.2) is 54.6 Å². The quantitative estimate of drug-likeness (QED) is 0.0561. The minimum atomic E-state index is -0.909. The number of hydrogen-bond acceptors (Lipinski definition) is 11. The summed E-state index contributed by atoms with van der Waals surface area (Å²) in [5.74, 6) is -2.43. The van der Waals surface area contributed by atoms with E-state index in [0.29, 0.717) is 63.8 Å². The van der Waals surface area contributed by atoms with Crippen LogP contribution in [0.1, 0.15) is 84.3 Å². The zero-order valence-corrected chi connectivity index (χ0v) is 44.0. The van der Waals surface area contributed by atoms with Crippen LogP contribution >= 0.6 is 0 Å². The van der Waals surface area contributed by atoms with Gasteiger partial charge in [0.2, 0.25) is 35.4 Å². The van der Waals surface area contributed by atoms with Crippen molar-refractivity contribution in [2.75, 3.05) is 73.9 Å². The molecule has 3 rings (SSSR count). The van der Waals surface area contributed by atoms with Gasteiger partial charge in [-0.2, -0.15) is 0 Å². The Kier molecular flexibility index (Phi) is 25.5. The molecule has 19 heteroatoms. The van der Waals surface area contributed by atoms with Crippen LogP contribution in [-0.4, -0.2) is 167 Å². The Bertz CT molecular complexity index is 2000. The minimum absolute atomic E-state index is 0.0176. The van der Waals surface area contributed by atoms with E-state index in [-0.39, 0.29) is 60.8 Å². The minimum Gasteiger partial charge on any atom is -0.379 e. The summed E-state index contributed by atoms with van der Waals surface area (Å²) in [6.07, 6.45) is 2.45. The molecular weight excluding hydrogens is 909 g/mol. The highest BCUT2D eigenvalue weighted by Crippen LogP contribution is 2.29. The molecule has 19 nitrogen and oxygen atoms in total. The summed E-state index contributed by atoms with van der Waals surface area (Å²) in [5.41, 5.74) is 7.52. The summed E-state index contributed by atoms with van der Waals surface area (Å²) in [7, 11) is 10.1. The lowest BCUT2D eigenvalue weighted by Gasteiger charge is -2.39. The molecule has 9 atom stereocenters. The zero-order valence-electron chi connectivity index (χ0n) is 44.0. The van der Waals surface area contributed by atoms with Crippen molar-refractivity contribution < 1.29 is 43.0 Å². The number of urea groups is 1. The number of carbonyl (C=O) groups is 7. The Balaban J connectivity index is 1.67. The molecule has 0 aliphatic carbocycles. The van der Waals surface area contributed by atoms with E-state index in [9.17, 15) is 33.6 Å². The summed E-state index contributed by atoms with van der Waals surface area (Å²) >= 11 is 0. The Morgan fingerprint density at radius 2 is 1.48 bits per heavy atom. The van der Waals surface area contributed by atoms with Crippen molar-refractivity contribution in [2.45, 2.75) is 128 Å². The molecule has 396 valence electrons. The van der Waals surface area contributed by atoms with Gasteiger partial charge in [-0.3, -0.25) is 33.7 Å². The summed E-state index contributed by atoms with van der Waals surface area (Å²) in [6.45, 7) is 10.6. The van der Waals surface area contributed by atoms with Crippen molar-refractivity contribution in [3.63, 3.8) is 0 Å². The average Bonchev–Trinajstić information content (AvgIpc) is 3.83. The van der Waals surface area contributed by atoms with Gasteiger partial charge in [-0.15, -0.1) is 0 Å². The smallest absolute Gasteiger partial charge is 0.312 e. The Morgan fingerprint density at radius 3 is 2.06 bits per heavy atom. The topological polar surface area (TPSA) is 246 Å². The maximum Gasteiger partial charge on any atom is 0.312 e. The van der Waals surface area contributed by atoms with Gasteiger partial charge in [-0.05, 0) is 88.3 Å². The van der Waals surface area contributed by atoms with Crippen LogP contribution in [0.4, 0.5) is 10.5 Å². The first-order valence-corrected chi connectivity index (χ1v) is 25.0. The predicted octanol–water partition coefficient (Wildman–Crippen LogP) is 2.67. The highest BCUT2D eigenvalue weighted by atomic mass is 16.5. The number of benzene rings is 2. The molecule has 0 radical (unpaired) electrons. The number of anilines is 1. The molecule has 1 heterocycles. The molecule has 0 saturated carbocycles. The Labute approximate surface area is 421 Å². The van der Waals surface area contributed by atoms with Gasteiger partial charge in [0.05, 0.1) is 55.3 Å². The van der Waals surface area contributed by atoms with Crippen molar-refractivity contribution in [2.24, 2.45) is 23.5 Å². The molecule has 8 amide bonds. The Morgan fingerprint density at radius 1 is 0.803 bits per heavy atom. The van der Waals surface area contributed by atoms with Crippen LogP contribution in [0, 0.1) is 17.8 Å². The van der Waals surface area contributed by atoms with Crippen LogP contribution in [0.25, 0.3) is 0 Å². The molecule has 2 aromatic rings. The summed E-state index contributed by atoms with van der Waals surface area (Å²) in [4.78, 5) is 98.0. The van der Waals surface area contributed by atoms with E-state index in [1.165, 1.54) is 14.2 Å². The molecule has 2 aromatic carbocycles. The van der Waals surface area contributed by atoms with Crippen LogP contribution in [-0.2, 0) is 51.1 Å². The molecule has 1 saturated heterocycles. The number of nitrogens with zero attached hydrogens (tertiary/aromatic N) is 3. The third kappa shape index (κ3) is 18.5. The van der Waals surface area contributed by atoms with Crippen LogP contribution in [0.2, 0.25) is 0 Å². The third-order valence-electron chi connectivity index (χ3n) is 13.7. The number of hydrogen-bond donors (Lipinski definition) is 7. The lowest BCUT2D eigenvalue weighted by molar-refractivity contribution is -0.146. The molecule has 0 aromatic heterocycles. The molecule has 1 fully saturated rings. The number of ether oxygens (including phenoxy) is 2. The number of nitrogens with one attached hydrogen (secondary N) is 6. The number of likely N-dealkylation sites (tertiary alicyclic amines) is 1.